The van der Waals surface area contributed by atoms with E-state index in [2.05, 4.69) is 79.5 Å². The molecule has 1 heterocycles. The first-order valence-corrected chi connectivity index (χ1v) is 10.2. The molecule has 0 aromatic heterocycles. The van der Waals surface area contributed by atoms with Gasteiger partial charge >= 0.3 is 0 Å². The van der Waals surface area contributed by atoms with Gasteiger partial charge < -0.3 is 10.2 Å². The van der Waals surface area contributed by atoms with Crippen molar-refractivity contribution in [2.24, 2.45) is 5.92 Å². The summed E-state index contributed by atoms with van der Waals surface area (Å²) in [5.41, 5.74) is 5.30. The van der Waals surface area contributed by atoms with E-state index < -0.39 is 0 Å². The van der Waals surface area contributed by atoms with E-state index in [0.29, 0.717) is 6.04 Å². The zero-order valence-electron chi connectivity index (χ0n) is 16.7. The Kier molecular flexibility index (Phi) is 6.87. The Bertz CT molecular complexity index is 667. The summed E-state index contributed by atoms with van der Waals surface area (Å²) in [6, 6.07) is 18.4. The highest BCUT2D eigenvalue weighted by molar-refractivity contribution is 5.64. The largest absolute Gasteiger partial charge is 0.310 e. The average Bonchev–Trinajstić information content (AvgIpc) is 2.66. The van der Waals surface area contributed by atoms with E-state index in [0.717, 1.165) is 12.5 Å². The second kappa shape index (κ2) is 9.34. The van der Waals surface area contributed by atoms with Gasteiger partial charge in [-0.1, -0.05) is 67.9 Å². The summed E-state index contributed by atoms with van der Waals surface area (Å²) in [7, 11) is 0. The van der Waals surface area contributed by atoms with Gasteiger partial charge in [0.15, 0.2) is 0 Å². The van der Waals surface area contributed by atoms with E-state index >= 15 is 0 Å². The standard InChI is InChI=1S/C24H34N2/c1-19(2)11-14-26-15-12-24(13-16-26)25-18-21-7-9-22(10-8-21)23-6-4-5-20(3)17-23/h4-10,17,19,24-25H,11-16,18H2,1-3H3. The van der Waals surface area contributed by atoms with Crippen molar-refractivity contribution >= 4 is 0 Å². The maximum absolute atomic E-state index is 3.76. The number of aryl methyl sites for hydroxylation is 1. The number of nitrogens with zero attached hydrogens (tertiary/aromatic N) is 1. The topological polar surface area (TPSA) is 15.3 Å². The van der Waals surface area contributed by atoms with Crippen LogP contribution in [0, 0.1) is 12.8 Å². The minimum absolute atomic E-state index is 0.668. The van der Waals surface area contributed by atoms with Crippen molar-refractivity contribution in [2.75, 3.05) is 19.6 Å². The zero-order valence-corrected chi connectivity index (χ0v) is 16.7. The predicted octanol–water partition coefficient (Wildman–Crippen LogP) is 5.26. The molecular formula is C24H34N2. The van der Waals surface area contributed by atoms with Crippen molar-refractivity contribution in [3.63, 3.8) is 0 Å². The fourth-order valence-corrected chi connectivity index (χ4v) is 3.70. The molecule has 140 valence electrons. The molecule has 2 aromatic carbocycles. The van der Waals surface area contributed by atoms with Gasteiger partial charge in [0.2, 0.25) is 0 Å². The monoisotopic (exact) mass is 350 g/mol. The molecule has 2 nitrogen and oxygen atoms in total. The van der Waals surface area contributed by atoms with Crippen LogP contribution in [0.2, 0.25) is 0 Å². The maximum atomic E-state index is 3.76. The summed E-state index contributed by atoms with van der Waals surface area (Å²) in [4.78, 5) is 2.63. The number of hydrogen-bond acceptors (Lipinski definition) is 2. The number of piperidine rings is 1. The lowest BCUT2D eigenvalue weighted by Gasteiger charge is -2.32. The van der Waals surface area contributed by atoms with Crippen molar-refractivity contribution in [1.82, 2.24) is 10.2 Å². The van der Waals surface area contributed by atoms with Crippen LogP contribution in [0.3, 0.4) is 0 Å². The fourth-order valence-electron chi connectivity index (χ4n) is 3.70. The normalized spacial score (nSPS) is 16.3. The molecule has 1 saturated heterocycles. The van der Waals surface area contributed by atoms with Gasteiger partial charge in [-0.15, -0.1) is 0 Å². The lowest BCUT2D eigenvalue weighted by atomic mass is 10.0. The Hall–Kier alpha value is -1.64. The molecule has 1 aliphatic heterocycles. The van der Waals surface area contributed by atoms with Gasteiger partial charge in [0.25, 0.3) is 0 Å². The van der Waals surface area contributed by atoms with Crippen LogP contribution in [0.25, 0.3) is 11.1 Å². The number of likely N-dealkylation sites (tertiary alicyclic amines) is 1. The molecule has 1 N–H and O–H groups in total. The lowest BCUT2D eigenvalue weighted by Crippen LogP contribution is -2.42. The Morgan fingerprint density at radius 2 is 1.73 bits per heavy atom. The number of nitrogens with one attached hydrogen (secondary N) is 1. The van der Waals surface area contributed by atoms with Gasteiger partial charge in [0.1, 0.15) is 0 Å². The molecule has 0 amide bonds. The van der Waals surface area contributed by atoms with E-state index in [9.17, 15) is 0 Å². The minimum atomic E-state index is 0.668. The molecule has 1 fully saturated rings. The predicted molar refractivity (Wildman–Crippen MR) is 112 cm³/mol. The highest BCUT2D eigenvalue weighted by Crippen LogP contribution is 2.21. The van der Waals surface area contributed by atoms with Crippen LogP contribution in [0.4, 0.5) is 0 Å². The van der Waals surface area contributed by atoms with Crippen molar-refractivity contribution in [1.29, 1.82) is 0 Å². The molecule has 0 saturated carbocycles. The lowest BCUT2D eigenvalue weighted by molar-refractivity contribution is 0.189. The fraction of sp³-hybridized carbons (Fsp3) is 0.500. The van der Waals surface area contributed by atoms with Crippen LogP contribution in [-0.4, -0.2) is 30.6 Å². The van der Waals surface area contributed by atoms with Gasteiger partial charge in [-0.2, -0.15) is 0 Å². The first-order chi connectivity index (χ1) is 12.6. The summed E-state index contributed by atoms with van der Waals surface area (Å²) in [6.07, 6.45) is 3.88. The van der Waals surface area contributed by atoms with Crippen LogP contribution >= 0.6 is 0 Å². The van der Waals surface area contributed by atoms with Gasteiger partial charge in [0, 0.05) is 12.6 Å². The zero-order chi connectivity index (χ0) is 18.4. The molecule has 2 heteroatoms. The molecule has 0 unspecified atom stereocenters. The summed E-state index contributed by atoms with van der Waals surface area (Å²) in [5.74, 6) is 0.814. The van der Waals surface area contributed by atoms with Crippen LogP contribution < -0.4 is 5.32 Å². The maximum Gasteiger partial charge on any atom is 0.0208 e. The van der Waals surface area contributed by atoms with Gasteiger partial charge in [-0.3, -0.25) is 0 Å². The van der Waals surface area contributed by atoms with E-state index in [1.807, 2.05) is 0 Å². The van der Waals surface area contributed by atoms with E-state index in [1.54, 1.807) is 0 Å². The Balaban J connectivity index is 1.44. The molecule has 3 rings (SSSR count). The highest BCUT2D eigenvalue weighted by Gasteiger charge is 2.18. The summed E-state index contributed by atoms with van der Waals surface area (Å²) in [5, 5.41) is 3.76. The third-order valence-corrected chi connectivity index (χ3v) is 5.51. The number of benzene rings is 2. The van der Waals surface area contributed by atoms with Gasteiger partial charge in [-0.25, -0.2) is 0 Å². The first-order valence-electron chi connectivity index (χ1n) is 10.2. The van der Waals surface area contributed by atoms with Crippen LogP contribution in [0.5, 0.6) is 0 Å². The van der Waals surface area contributed by atoms with E-state index in [1.165, 1.54) is 61.2 Å². The molecule has 26 heavy (non-hydrogen) atoms. The third kappa shape index (κ3) is 5.69. The average molecular weight is 351 g/mol. The quantitative estimate of drug-likeness (QED) is 0.732. The highest BCUT2D eigenvalue weighted by atomic mass is 15.1. The van der Waals surface area contributed by atoms with Gasteiger partial charge in [0.05, 0.1) is 0 Å². The van der Waals surface area contributed by atoms with Crippen molar-refractivity contribution in [3.8, 4) is 11.1 Å². The molecule has 0 atom stereocenters. The number of rotatable bonds is 7. The minimum Gasteiger partial charge on any atom is -0.310 e. The molecule has 0 spiro atoms. The molecule has 1 aliphatic rings. The molecular weight excluding hydrogens is 316 g/mol. The smallest absolute Gasteiger partial charge is 0.0208 e. The molecule has 0 radical (unpaired) electrons. The van der Waals surface area contributed by atoms with Crippen LogP contribution in [0.1, 0.15) is 44.2 Å². The summed E-state index contributed by atoms with van der Waals surface area (Å²) in [6.45, 7) is 11.5. The Morgan fingerprint density at radius 1 is 1.00 bits per heavy atom. The third-order valence-electron chi connectivity index (χ3n) is 5.51. The Morgan fingerprint density at radius 3 is 2.38 bits per heavy atom. The number of hydrogen-bond donors (Lipinski definition) is 1. The van der Waals surface area contributed by atoms with Gasteiger partial charge in [-0.05, 0) is 68.4 Å². The second-order valence-electron chi connectivity index (χ2n) is 8.25. The SMILES string of the molecule is Cc1cccc(-c2ccc(CNC3CCN(CCC(C)C)CC3)cc2)c1. The van der Waals surface area contributed by atoms with Crippen LogP contribution in [-0.2, 0) is 6.54 Å². The Labute approximate surface area is 159 Å². The first kappa shape index (κ1) is 19.1. The second-order valence-corrected chi connectivity index (χ2v) is 8.25. The molecule has 0 aliphatic carbocycles. The van der Waals surface area contributed by atoms with Crippen molar-refractivity contribution in [2.45, 2.75) is 52.6 Å². The summed E-state index contributed by atoms with van der Waals surface area (Å²) < 4.78 is 0. The summed E-state index contributed by atoms with van der Waals surface area (Å²) >= 11 is 0. The van der Waals surface area contributed by atoms with Crippen molar-refractivity contribution < 1.29 is 0 Å². The van der Waals surface area contributed by atoms with Crippen LogP contribution in [0.15, 0.2) is 48.5 Å². The van der Waals surface area contributed by atoms with E-state index in [4.69, 9.17) is 0 Å². The molecule has 2 aromatic rings. The van der Waals surface area contributed by atoms with Crippen molar-refractivity contribution in [3.05, 3.63) is 59.7 Å². The molecule has 0 bridgehead atoms. The van der Waals surface area contributed by atoms with E-state index in [-0.39, 0.29) is 0 Å².